The summed E-state index contributed by atoms with van der Waals surface area (Å²) in [4.78, 5) is 26.6. The molecule has 128 valence electrons. The number of nitrogens with one attached hydrogen (secondary N) is 2. The van der Waals surface area contributed by atoms with Crippen molar-refractivity contribution >= 4 is 24.2 Å². The summed E-state index contributed by atoms with van der Waals surface area (Å²) in [5.74, 6) is 0.387. The van der Waals surface area contributed by atoms with Crippen LogP contribution in [0.5, 0.6) is 0 Å². The molecule has 2 aliphatic heterocycles. The van der Waals surface area contributed by atoms with Gasteiger partial charge in [0, 0.05) is 25.0 Å². The van der Waals surface area contributed by atoms with Crippen LogP contribution in [0.1, 0.15) is 46.0 Å². The summed E-state index contributed by atoms with van der Waals surface area (Å²) in [7, 11) is 0. The quantitative estimate of drug-likeness (QED) is 0.822. The van der Waals surface area contributed by atoms with Crippen LogP contribution in [0, 0.1) is 11.8 Å². The zero-order valence-corrected chi connectivity index (χ0v) is 14.6. The van der Waals surface area contributed by atoms with E-state index in [1.807, 2.05) is 18.7 Å². The lowest BCUT2D eigenvalue weighted by Gasteiger charge is -2.34. The Bertz CT molecular complexity index is 372. The van der Waals surface area contributed by atoms with Gasteiger partial charge in [-0.25, -0.2) is 0 Å². The van der Waals surface area contributed by atoms with E-state index in [9.17, 15) is 9.59 Å². The van der Waals surface area contributed by atoms with Crippen molar-refractivity contribution in [3.63, 3.8) is 0 Å². The number of likely N-dealkylation sites (tertiary alicyclic amines) is 1. The van der Waals surface area contributed by atoms with Gasteiger partial charge in [0.05, 0.1) is 5.92 Å². The van der Waals surface area contributed by atoms with Crippen molar-refractivity contribution in [2.24, 2.45) is 11.8 Å². The van der Waals surface area contributed by atoms with Gasteiger partial charge < -0.3 is 15.5 Å². The summed E-state index contributed by atoms with van der Waals surface area (Å²) < 4.78 is 0. The summed E-state index contributed by atoms with van der Waals surface area (Å²) in [6.45, 7) is 7.37. The highest BCUT2D eigenvalue weighted by atomic mass is 35.5. The number of carbonyl (C=O) groups is 2. The van der Waals surface area contributed by atoms with E-state index >= 15 is 0 Å². The van der Waals surface area contributed by atoms with Gasteiger partial charge in [0.1, 0.15) is 0 Å². The predicted molar refractivity (Wildman–Crippen MR) is 90.0 cm³/mol. The number of carbonyl (C=O) groups excluding carboxylic acids is 2. The van der Waals surface area contributed by atoms with Crippen molar-refractivity contribution < 1.29 is 9.59 Å². The van der Waals surface area contributed by atoms with Gasteiger partial charge in [-0.15, -0.1) is 12.4 Å². The Balaban J connectivity index is 0.00000242. The van der Waals surface area contributed by atoms with Gasteiger partial charge in [0.25, 0.3) is 0 Å². The van der Waals surface area contributed by atoms with Gasteiger partial charge in [-0.2, -0.15) is 0 Å². The van der Waals surface area contributed by atoms with Crippen molar-refractivity contribution in [1.29, 1.82) is 0 Å². The van der Waals surface area contributed by atoms with Crippen LogP contribution in [0.25, 0.3) is 0 Å². The van der Waals surface area contributed by atoms with Crippen molar-refractivity contribution in [3.05, 3.63) is 0 Å². The first-order chi connectivity index (χ1) is 10.1. The molecule has 0 bridgehead atoms. The van der Waals surface area contributed by atoms with E-state index in [0.717, 1.165) is 51.7 Å². The van der Waals surface area contributed by atoms with Crippen molar-refractivity contribution in [3.8, 4) is 0 Å². The molecule has 2 amide bonds. The molecule has 2 rings (SSSR count). The molecule has 2 unspecified atom stereocenters. The summed E-state index contributed by atoms with van der Waals surface area (Å²) >= 11 is 0. The maximum Gasteiger partial charge on any atom is 0.225 e. The van der Waals surface area contributed by atoms with Gasteiger partial charge in [-0.1, -0.05) is 13.8 Å². The van der Waals surface area contributed by atoms with Crippen LogP contribution in [-0.4, -0.2) is 48.9 Å². The zero-order valence-electron chi connectivity index (χ0n) is 13.8. The Morgan fingerprint density at radius 2 is 1.95 bits per heavy atom. The number of hydrogen-bond acceptors (Lipinski definition) is 3. The Labute approximate surface area is 140 Å². The highest BCUT2D eigenvalue weighted by Crippen LogP contribution is 2.20. The Kier molecular flexibility index (Phi) is 8.18. The second-order valence-electron chi connectivity index (χ2n) is 6.47. The third kappa shape index (κ3) is 5.13. The molecule has 0 aromatic heterocycles. The van der Waals surface area contributed by atoms with Crippen LogP contribution >= 0.6 is 12.4 Å². The topological polar surface area (TPSA) is 61.4 Å². The third-order valence-electron chi connectivity index (χ3n) is 4.82. The van der Waals surface area contributed by atoms with Gasteiger partial charge in [0.15, 0.2) is 0 Å². The normalized spacial score (nSPS) is 24.3. The number of piperidine rings is 2. The molecule has 0 spiro atoms. The third-order valence-corrected chi connectivity index (χ3v) is 4.82. The number of hydrogen-bond donors (Lipinski definition) is 2. The summed E-state index contributed by atoms with van der Waals surface area (Å²) in [5.41, 5.74) is 0. The number of amides is 2. The molecule has 6 heteroatoms. The minimum Gasteiger partial charge on any atom is -0.353 e. The lowest BCUT2D eigenvalue weighted by atomic mass is 9.94. The standard InChI is InChI=1S/C16H29N3O2.ClH/c1-3-12(2)16(21)19-10-4-5-13(11-19)15(20)18-14-6-8-17-9-7-14;/h12-14,17H,3-11H2,1-2H3,(H,18,20);1H. The van der Waals surface area contributed by atoms with Gasteiger partial charge >= 0.3 is 0 Å². The van der Waals surface area contributed by atoms with Crippen LogP contribution in [0.3, 0.4) is 0 Å². The minimum absolute atomic E-state index is 0. The highest BCUT2D eigenvalue weighted by Gasteiger charge is 2.30. The second kappa shape index (κ2) is 9.36. The van der Waals surface area contributed by atoms with Crippen molar-refractivity contribution in [2.75, 3.05) is 26.2 Å². The molecule has 2 aliphatic rings. The number of nitrogens with zero attached hydrogens (tertiary/aromatic N) is 1. The fourth-order valence-corrected chi connectivity index (χ4v) is 3.16. The van der Waals surface area contributed by atoms with Crippen molar-refractivity contribution in [1.82, 2.24) is 15.5 Å². The fraction of sp³-hybridized carbons (Fsp3) is 0.875. The maximum atomic E-state index is 12.4. The molecule has 0 aliphatic carbocycles. The molecule has 2 saturated heterocycles. The zero-order chi connectivity index (χ0) is 15.2. The van der Waals surface area contributed by atoms with E-state index in [1.54, 1.807) is 0 Å². The average Bonchev–Trinajstić information content (AvgIpc) is 2.54. The van der Waals surface area contributed by atoms with Gasteiger partial charge in [-0.05, 0) is 45.2 Å². The summed E-state index contributed by atoms with van der Waals surface area (Å²) in [5, 5.41) is 6.48. The molecular weight excluding hydrogens is 302 g/mol. The van der Waals surface area contributed by atoms with Crippen LogP contribution in [0.15, 0.2) is 0 Å². The van der Waals surface area contributed by atoms with Crippen LogP contribution in [-0.2, 0) is 9.59 Å². The molecule has 0 radical (unpaired) electrons. The molecule has 5 nitrogen and oxygen atoms in total. The van der Waals surface area contributed by atoms with E-state index in [-0.39, 0.29) is 36.1 Å². The Hall–Kier alpha value is -0.810. The largest absolute Gasteiger partial charge is 0.353 e. The maximum absolute atomic E-state index is 12.4. The first-order valence-corrected chi connectivity index (χ1v) is 8.41. The van der Waals surface area contributed by atoms with Crippen LogP contribution < -0.4 is 10.6 Å². The Morgan fingerprint density at radius 3 is 2.59 bits per heavy atom. The minimum atomic E-state index is -0.0263. The molecule has 2 heterocycles. The van der Waals surface area contributed by atoms with E-state index in [4.69, 9.17) is 0 Å². The molecular formula is C16H30ClN3O2. The fourth-order valence-electron chi connectivity index (χ4n) is 3.16. The molecule has 0 aromatic carbocycles. The highest BCUT2D eigenvalue weighted by molar-refractivity contribution is 5.85. The predicted octanol–water partition coefficient (Wildman–Crippen LogP) is 1.56. The van der Waals surface area contributed by atoms with E-state index in [1.165, 1.54) is 0 Å². The Morgan fingerprint density at radius 1 is 1.27 bits per heavy atom. The van der Waals surface area contributed by atoms with Crippen LogP contribution in [0.2, 0.25) is 0 Å². The first-order valence-electron chi connectivity index (χ1n) is 8.41. The second-order valence-corrected chi connectivity index (χ2v) is 6.47. The van der Waals surface area contributed by atoms with E-state index in [2.05, 4.69) is 10.6 Å². The number of rotatable bonds is 4. The average molecular weight is 332 g/mol. The molecule has 22 heavy (non-hydrogen) atoms. The monoisotopic (exact) mass is 331 g/mol. The van der Waals surface area contributed by atoms with E-state index < -0.39 is 0 Å². The number of halogens is 1. The summed E-state index contributed by atoms with van der Waals surface area (Å²) in [6, 6.07) is 0.305. The molecule has 0 aromatic rings. The molecule has 2 fully saturated rings. The van der Waals surface area contributed by atoms with Crippen LogP contribution in [0.4, 0.5) is 0 Å². The first kappa shape index (κ1) is 19.2. The van der Waals surface area contributed by atoms with Gasteiger partial charge in [-0.3, -0.25) is 9.59 Å². The summed E-state index contributed by atoms with van der Waals surface area (Å²) in [6.07, 6.45) is 4.72. The molecule has 0 saturated carbocycles. The lowest BCUT2D eigenvalue weighted by molar-refractivity contribution is -0.139. The molecule has 2 atom stereocenters. The molecule has 2 N–H and O–H groups in total. The SMILES string of the molecule is CCC(C)C(=O)N1CCCC(C(=O)NC2CCNCC2)C1.Cl. The smallest absolute Gasteiger partial charge is 0.225 e. The van der Waals surface area contributed by atoms with E-state index in [0.29, 0.717) is 12.6 Å². The van der Waals surface area contributed by atoms with Gasteiger partial charge in [0.2, 0.25) is 11.8 Å². The van der Waals surface area contributed by atoms with Crippen molar-refractivity contribution in [2.45, 2.75) is 52.0 Å². The lowest BCUT2D eigenvalue weighted by Crippen LogP contribution is -2.50.